The third-order valence-corrected chi connectivity index (χ3v) is 3.54. The summed E-state index contributed by atoms with van der Waals surface area (Å²) < 4.78 is 0. The van der Waals surface area contributed by atoms with Gasteiger partial charge in [0.2, 0.25) is 0 Å². The van der Waals surface area contributed by atoms with Crippen molar-refractivity contribution in [2.75, 3.05) is 33.2 Å². The van der Waals surface area contributed by atoms with Gasteiger partial charge in [0.05, 0.1) is 0 Å². The molecule has 1 saturated heterocycles. The van der Waals surface area contributed by atoms with Crippen LogP contribution in [-0.4, -0.2) is 55.1 Å². The van der Waals surface area contributed by atoms with E-state index in [-0.39, 0.29) is 0 Å². The van der Waals surface area contributed by atoms with E-state index in [4.69, 9.17) is 5.73 Å². The van der Waals surface area contributed by atoms with Crippen LogP contribution >= 0.6 is 0 Å². The first kappa shape index (κ1) is 9.44. The summed E-state index contributed by atoms with van der Waals surface area (Å²) in [6.07, 6.45) is 3.89. The Morgan fingerprint density at radius 2 is 1.77 bits per heavy atom. The number of nitrogens with zero attached hydrogens (tertiary/aromatic N) is 2. The fourth-order valence-corrected chi connectivity index (χ4v) is 2.58. The van der Waals surface area contributed by atoms with Gasteiger partial charge in [-0.25, -0.2) is 0 Å². The summed E-state index contributed by atoms with van der Waals surface area (Å²) in [5, 5.41) is 0. The van der Waals surface area contributed by atoms with Crippen LogP contribution in [0.25, 0.3) is 0 Å². The second-order valence-electron chi connectivity index (χ2n) is 4.50. The highest BCUT2D eigenvalue weighted by Gasteiger charge is 2.30. The zero-order chi connectivity index (χ0) is 9.26. The summed E-state index contributed by atoms with van der Waals surface area (Å²) in [5.74, 6) is 0. The van der Waals surface area contributed by atoms with Crippen molar-refractivity contribution in [3.8, 4) is 0 Å². The summed E-state index contributed by atoms with van der Waals surface area (Å²) in [6.45, 7) is 4.86. The van der Waals surface area contributed by atoms with Gasteiger partial charge in [-0.3, -0.25) is 4.90 Å². The molecule has 0 aromatic rings. The van der Waals surface area contributed by atoms with Crippen LogP contribution in [0.4, 0.5) is 0 Å². The number of likely N-dealkylation sites (N-methyl/N-ethyl adjacent to an activating group) is 1. The predicted molar refractivity (Wildman–Crippen MR) is 54.7 cm³/mol. The highest BCUT2D eigenvalue weighted by atomic mass is 15.3. The van der Waals surface area contributed by atoms with Gasteiger partial charge in [0.1, 0.15) is 0 Å². The summed E-state index contributed by atoms with van der Waals surface area (Å²) in [4.78, 5) is 4.99. The van der Waals surface area contributed by atoms with Gasteiger partial charge in [-0.15, -0.1) is 0 Å². The largest absolute Gasteiger partial charge is 0.326 e. The fourth-order valence-electron chi connectivity index (χ4n) is 2.58. The first-order valence-corrected chi connectivity index (χ1v) is 5.45. The Morgan fingerprint density at radius 1 is 1.08 bits per heavy atom. The van der Waals surface area contributed by atoms with E-state index in [1.54, 1.807) is 0 Å². The lowest BCUT2D eigenvalue weighted by atomic mass is 10.1. The molecule has 13 heavy (non-hydrogen) atoms. The molecule has 0 aromatic heterocycles. The van der Waals surface area contributed by atoms with Crippen LogP contribution in [0.5, 0.6) is 0 Å². The van der Waals surface area contributed by atoms with Gasteiger partial charge < -0.3 is 10.6 Å². The van der Waals surface area contributed by atoms with Crippen molar-refractivity contribution in [1.82, 2.24) is 9.80 Å². The maximum Gasteiger partial charge on any atom is 0.0248 e. The zero-order valence-corrected chi connectivity index (χ0v) is 8.58. The molecule has 1 aliphatic carbocycles. The molecular weight excluding hydrogens is 162 g/mol. The van der Waals surface area contributed by atoms with E-state index in [1.165, 1.54) is 45.4 Å². The predicted octanol–water partition coefficient (Wildman–Crippen LogP) is 0.114. The monoisotopic (exact) mass is 183 g/mol. The SMILES string of the molecule is CN1CCN([C@H]2CCC[C@@H]2N)CC1. The van der Waals surface area contributed by atoms with Crippen molar-refractivity contribution < 1.29 is 0 Å². The number of hydrogen-bond acceptors (Lipinski definition) is 3. The fraction of sp³-hybridized carbons (Fsp3) is 1.00. The second kappa shape index (κ2) is 3.95. The van der Waals surface area contributed by atoms with Gasteiger partial charge in [0, 0.05) is 38.3 Å². The molecule has 2 fully saturated rings. The van der Waals surface area contributed by atoms with E-state index >= 15 is 0 Å². The molecule has 0 spiro atoms. The molecule has 1 aliphatic heterocycles. The van der Waals surface area contributed by atoms with Gasteiger partial charge in [-0.2, -0.15) is 0 Å². The molecule has 3 heteroatoms. The van der Waals surface area contributed by atoms with Crippen molar-refractivity contribution in [3.05, 3.63) is 0 Å². The Labute approximate surface area is 80.9 Å². The van der Waals surface area contributed by atoms with Crippen LogP contribution in [-0.2, 0) is 0 Å². The molecule has 2 rings (SSSR count). The quantitative estimate of drug-likeness (QED) is 0.626. The van der Waals surface area contributed by atoms with E-state index < -0.39 is 0 Å². The number of nitrogens with two attached hydrogens (primary N) is 1. The average Bonchev–Trinajstić information content (AvgIpc) is 2.53. The van der Waals surface area contributed by atoms with Crippen LogP contribution in [0.3, 0.4) is 0 Å². The summed E-state index contributed by atoms with van der Waals surface area (Å²) in [7, 11) is 2.20. The lowest BCUT2D eigenvalue weighted by molar-refractivity contribution is 0.106. The van der Waals surface area contributed by atoms with Crippen LogP contribution in [0.15, 0.2) is 0 Å². The summed E-state index contributed by atoms with van der Waals surface area (Å²) in [6, 6.07) is 1.14. The van der Waals surface area contributed by atoms with E-state index in [9.17, 15) is 0 Å². The Balaban J connectivity index is 1.86. The molecular formula is C10H21N3. The van der Waals surface area contributed by atoms with E-state index in [2.05, 4.69) is 16.8 Å². The Bertz CT molecular complexity index is 164. The lowest BCUT2D eigenvalue weighted by Crippen LogP contribution is -2.52. The van der Waals surface area contributed by atoms with E-state index in [0.717, 1.165) is 0 Å². The molecule has 0 amide bonds. The highest BCUT2D eigenvalue weighted by molar-refractivity contribution is 4.89. The molecule has 1 saturated carbocycles. The molecule has 2 atom stereocenters. The number of rotatable bonds is 1. The van der Waals surface area contributed by atoms with Crippen LogP contribution in [0, 0.1) is 0 Å². The molecule has 1 heterocycles. The van der Waals surface area contributed by atoms with Gasteiger partial charge in [-0.05, 0) is 19.9 Å². The van der Waals surface area contributed by atoms with Crippen molar-refractivity contribution in [3.63, 3.8) is 0 Å². The first-order chi connectivity index (χ1) is 6.27. The molecule has 2 aliphatic rings. The molecule has 3 nitrogen and oxygen atoms in total. The lowest BCUT2D eigenvalue weighted by Gasteiger charge is -2.38. The topological polar surface area (TPSA) is 32.5 Å². The maximum atomic E-state index is 6.09. The smallest absolute Gasteiger partial charge is 0.0248 e. The number of piperazine rings is 1. The van der Waals surface area contributed by atoms with E-state index in [1.807, 2.05) is 0 Å². The third kappa shape index (κ3) is 2.03. The molecule has 0 radical (unpaired) electrons. The van der Waals surface area contributed by atoms with Gasteiger partial charge in [0.15, 0.2) is 0 Å². The standard InChI is InChI=1S/C10H21N3/c1-12-5-7-13(8-6-12)10-4-2-3-9(10)11/h9-10H,2-8,11H2,1H3/t9-,10-/m0/s1. The molecule has 0 aromatic carbocycles. The molecule has 2 N–H and O–H groups in total. The Kier molecular flexibility index (Phi) is 2.86. The molecule has 76 valence electrons. The second-order valence-corrected chi connectivity index (χ2v) is 4.50. The van der Waals surface area contributed by atoms with Crippen LogP contribution in [0.1, 0.15) is 19.3 Å². The minimum atomic E-state index is 0.448. The Hall–Kier alpha value is -0.120. The average molecular weight is 183 g/mol. The first-order valence-electron chi connectivity index (χ1n) is 5.45. The van der Waals surface area contributed by atoms with Gasteiger partial charge >= 0.3 is 0 Å². The Morgan fingerprint density at radius 3 is 2.31 bits per heavy atom. The summed E-state index contributed by atoms with van der Waals surface area (Å²) >= 11 is 0. The zero-order valence-electron chi connectivity index (χ0n) is 8.58. The van der Waals surface area contributed by atoms with Crippen molar-refractivity contribution >= 4 is 0 Å². The van der Waals surface area contributed by atoms with E-state index in [0.29, 0.717) is 12.1 Å². The van der Waals surface area contributed by atoms with Gasteiger partial charge in [0.25, 0.3) is 0 Å². The normalized spacial score (nSPS) is 38.3. The van der Waals surface area contributed by atoms with Gasteiger partial charge in [-0.1, -0.05) is 6.42 Å². The minimum Gasteiger partial charge on any atom is -0.326 e. The van der Waals surface area contributed by atoms with Crippen LogP contribution in [0.2, 0.25) is 0 Å². The number of hydrogen-bond donors (Lipinski definition) is 1. The van der Waals surface area contributed by atoms with Crippen molar-refractivity contribution in [2.24, 2.45) is 5.73 Å². The highest BCUT2D eigenvalue weighted by Crippen LogP contribution is 2.23. The molecule has 0 unspecified atom stereocenters. The third-order valence-electron chi connectivity index (χ3n) is 3.54. The molecule has 0 bridgehead atoms. The van der Waals surface area contributed by atoms with Crippen molar-refractivity contribution in [1.29, 1.82) is 0 Å². The van der Waals surface area contributed by atoms with Crippen molar-refractivity contribution in [2.45, 2.75) is 31.3 Å². The maximum absolute atomic E-state index is 6.09. The minimum absolute atomic E-state index is 0.448. The van der Waals surface area contributed by atoms with Crippen LogP contribution < -0.4 is 5.73 Å². The summed E-state index contributed by atoms with van der Waals surface area (Å²) in [5.41, 5.74) is 6.09.